The van der Waals surface area contributed by atoms with E-state index in [2.05, 4.69) is 33.9 Å². The summed E-state index contributed by atoms with van der Waals surface area (Å²) in [4.78, 5) is 20.9. The van der Waals surface area contributed by atoms with Crippen LogP contribution in [0.3, 0.4) is 0 Å². The number of aliphatic hydroxyl groups is 1. The van der Waals surface area contributed by atoms with E-state index in [1.807, 2.05) is 13.8 Å². The topological polar surface area (TPSA) is 91.1 Å². The number of piperazine rings is 1. The van der Waals surface area contributed by atoms with Crippen molar-refractivity contribution in [3.8, 4) is 0 Å². The second kappa shape index (κ2) is 11.5. The van der Waals surface area contributed by atoms with Gasteiger partial charge in [-0.1, -0.05) is 13.8 Å². The van der Waals surface area contributed by atoms with E-state index in [1.54, 1.807) is 0 Å². The standard InChI is InChI=1S/C20H36N4O4/c1-15(2)5-6-21-20(26)18-14-28-19(22-18)12-24-9-7-23(8-10-24)11-17(25)13-27-16(3)4/h14-17,25H,5-13H2,1-4H3,(H,21,26)/t17-/m1/s1. The number of oxazole rings is 1. The third kappa shape index (κ3) is 8.26. The maximum atomic E-state index is 12.1. The molecule has 8 nitrogen and oxygen atoms in total. The fourth-order valence-electron chi connectivity index (χ4n) is 3.03. The average Bonchev–Trinajstić information content (AvgIpc) is 3.10. The van der Waals surface area contributed by atoms with E-state index in [0.717, 1.165) is 32.6 Å². The molecule has 160 valence electrons. The highest BCUT2D eigenvalue weighted by Crippen LogP contribution is 2.10. The molecule has 2 rings (SSSR count). The molecule has 1 aromatic rings. The van der Waals surface area contributed by atoms with Gasteiger partial charge in [0.15, 0.2) is 5.69 Å². The predicted molar refractivity (Wildman–Crippen MR) is 107 cm³/mol. The third-order valence-corrected chi connectivity index (χ3v) is 4.71. The number of amides is 1. The fourth-order valence-corrected chi connectivity index (χ4v) is 3.03. The zero-order valence-electron chi connectivity index (χ0n) is 17.7. The predicted octanol–water partition coefficient (Wildman–Crippen LogP) is 1.35. The molecule has 0 radical (unpaired) electrons. The van der Waals surface area contributed by atoms with Crippen LogP contribution in [0.15, 0.2) is 10.7 Å². The largest absolute Gasteiger partial charge is 0.447 e. The molecule has 1 amide bonds. The van der Waals surface area contributed by atoms with E-state index in [-0.39, 0.29) is 12.0 Å². The Balaban J connectivity index is 1.69. The first kappa shape index (κ1) is 22.8. The zero-order valence-corrected chi connectivity index (χ0v) is 17.7. The van der Waals surface area contributed by atoms with Crippen LogP contribution in [-0.4, -0.2) is 83.9 Å². The maximum Gasteiger partial charge on any atom is 0.273 e. The lowest BCUT2D eigenvalue weighted by Crippen LogP contribution is -2.48. The number of carbonyl (C=O) groups is 1. The number of carbonyl (C=O) groups excluding carboxylic acids is 1. The molecule has 1 aliphatic heterocycles. The van der Waals surface area contributed by atoms with Gasteiger partial charge in [-0.05, 0) is 26.2 Å². The van der Waals surface area contributed by atoms with Gasteiger partial charge in [-0.3, -0.25) is 14.6 Å². The van der Waals surface area contributed by atoms with Crippen LogP contribution in [0.5, 0.6) is 0 Å². The molecule has 28 heavy (non-hydrogen) atoms. The van der Waals surface area contributed by atoms with Gasteiger partial charge in [0.1, 0.15) is 6.26 Å². The van der Waals surface area contributed by atoms with E-state index < -0.39 is 6.10 Å². The molecule has 8 heteroatoms. The molecule has 1 saturated heterocycles. The summed E-state index contributed by atoms with van der Waals surface area (Å²) in [6, 6.07) is 0. The van der Waals surface area contributed by atoms with Gasteiger partial charge >= 0.3 is 0 Å². The van der Waals surface area contributed by atoms with Crippen LogP contribution >= 0.6 is 0 Å². The highest BCUT2D eigenvalue weighted by molar-refractivity contribution is 5.91. The van der Waals surface area contributed by atoms with Crippen LogP contribution in [0.25, 0.3) is 0 Å². The fraction of sp³-hybridized carbons (Fsp3) is 0.800. The van der Waals surface area contributed by atoms with Crippen molar-refractivity contribution in [1.82, 2.24) is 20.1 Å². The Morgan fingerprint density at radius 3 is 2.57 bits per heavy atom. The number of nitrogens with one attached hydrogen (secondary N) is 1. The summed E-state index contributed by atoms with van der Waals surface area (Å²) in [5.41, 5.74) is 0.339. The van der Waals surface area contributed by atoms with Crippen LogP contribution in [0.2, 0.25) is 0 Å². The van der Waals surface area contributed by atoms with Crippen molar-refractivity contribution < 1.29 is 19.1 Å². The van der Waals surface area contributed by atoms with Crippen LogP contribution in [0, 0.1) is 5.92 Å². The Morgan fingerprint density at radius 2 is 1.93 bits per heavy atom. The van der Waals surface area contributed by atoms with Gasteiger partial charge < -0.3 is 19.6 Å². The van der Waals surface area contributed by atoms with Gasteiger partial charge in [-0.15, -0.1) is 0 Å². The van der Waals surface area contributed by atoms with Crippen molar-refractivity contribution in [2.45, 2.75) is 52.9 Å². The number of rotatable bonds is 11. The summed E-state index contributed by atoms with van der Waals surface area (Å²) in [7, 11) is 0. The Bertz CT molecular complexity index is 583. The van der Waals surface area contributed by atoms with Gasteiger partial charge in [-0.25, -0.2) is 4.98 Å². The van der Waals surface area contributed by atoms with Gasteiger partial charge in [-0.2, -0.15) is 0 Å². The molecule has 0 aliphatic carbocycles. The van der Waals surface area contributed by atoms with Gasteiger partial charge in [0, 0.05) is 39.3 Å². The highest BCUT2D eigenvalue weighted by Gasteiger charge is 2.21. The van der Waals surface area contributed by atoms with Crippen LogP contribution < -0.4 is 5.32 Å². The normalized spacial score (nSPS) is 17.4. The molecule has 0 spiro atoms. The second-order valence-electron chi connectivity index (χ2n) is 8.18. The van der Waals surface area contributed by atoms with E-state index in [9.17, 15) is 9.90 Å². The van der Waals surface area contributed by atoms with Crippen molar-refractivity contribution in [2.75, 3.05) is 45.9 Å². The number of hydrogen-bond acceptors (Lipinski definition) is 7. The molecule has 0 saturated carbocycles. The van der Waals surface area contributed by atoms with Gasteiger partial charge in [0.2, 0.25) is 5.89 Å². The number of aromatic nitrogens is 1. The number of ether oxygens (including phenoxy) is 1. The molecule has 0 unspecified atom stereocenters. The molecule has 1 aliphatic rings. The van der Waals surface area contributed by atoms with Crippen molar-refractivity contribution in [3.05, 3.63) is 17.8 Å². The lowest BCUT2D eigenvalue weighted by molar-refractivity contribution is -0.0151. The van der Waals surface area contributed by atoms with Crippen molar-refractivity contribution >= 4 is 5.91 Å². The number of aliphatic hydroxyl groups excluding tert-OH is 1. The van der Waals surface area contributed by atoms with E-state index in [0.29, 0.717) is 43.7 Å². The lowest BCUT2D eigenvalue weighted by atomic mass is 10.1. The van der Waals surface area contributed by atoms with Gasteiger partial charge in [0.25, 0.3) is 5.91 Å². The van der Waals surface area contributed by atoms with Gasteiger partial charge in [0.05, 0.1) is 25.4 Å². The minimum atomic E-state index is -0.461. The monoisotopic (exact) mass is 396 g/mol. The number of hydrogen-bond donors (Lipinski definition) is 2. The van der Waals surface area contributed by atoms with Crippen LogP contribution in [-0.2, 0) is 11.3 Å². The van der Waals surface area contributed by atoms with Crippen molar-refractivity contribution in [3.63, 3.8) is 0 Å². The summed E-state index contributed by atoms with van der Waals surface area (Å²) in [5.74, 6) is 0.932. The Kier molecular flexibility index (Phi) is 9.37. The van der Waals surface area contributed by atoms with E-state index in [1.165, 1.54) is 6.26 Å². The highest BCUT2D eigenvalue weighted by atomic mass is 16.5. The van der Waals surface area contributed by atoms with E-state index >= 15 is 0 Å². The summed E-state index contributed by atoms with van der Waals surface area (Å²) < 4.78 is 10.9. The molecular formula is C20H36N4O4. The van der Waals surface area contributed by atoms with Crippen molar-refractivity contribution in [2.24, 2.45) is 5.92 Å². The summed E-state index contributed by atoms with van der Waals surface area (Å²) in [6.07, 6.45) is 2.05. The lowest BCUT2D eigenvalue weighted by Gasteiger charge is -2.35. The average molecular weight is 397 g/mol. The molecule has 2 heterocycles. The van der Waals surface area contributed by atoms with Crippen LogP contribution in [0.1, 0.15) is 50.5 Å². The summed E-state index contributed by atoms with van der Waals surface area (Å²) in [6.45, 7) is 13.9. The third-order valence-electron chi connectivity index (χ3n) is 4.71. The molecule has 2 N–H and O–H groups in total. The number of β-amino-alcohol motifs (C(OH)–C–C–N with tert-alkyl or cyclic N) is 1. The van der Waals surface area contributed by atoms with E-state index in [4.69, 9.17) is 9.15 Å². The SMILES string of the molecule is CC(C)CCNC(=O)c1coc(CN2CCN(C[C@@H](O)COC(C)C)CC2)n1. The first-order valence-electron chi connectivity index (χ1n) is 10.3. The molecule has 0 bridgehead atoms. The minimum Gasteiger partial charge on any atom is -0.447 e. The zero-order chi connectivity index (χ0) is 20.5. The van der Waals surface area contributed by atoms with Crippen molar-refractivity contribution in [1.29, 1.82) is 0 Å². The summed E-state index contributed by atoms with van der Waals surface area (Å²) >= 11 is 0. The smallest absolute Gasteiger partial charge is 0.273 e. The molecular weight excluding hydrogens is 360 g/mol. The number of nitrogens with zero attached hydrogens (tertiary/aromatic N) is 3. The molecule has 0 aromatic carbocycles. The molecule has 1 atom stereocenters. The first-order valence-corrected chi connectivity index (χ1v) is 10.3. The molecule has 1 fully saturated rings. The molecule has 1 aromatic heterocycles. The Hall–Kier alpha value is -1.48. The van der Waals surface area contributed by atoms with Crippen LogP contribution in [0.4, 0.5) is 0 Å². The second-order valence-corrected chi connectivity index (χ2v) is 8.18. The summed E-state index contributed by atoms with van der Waals surface area (Å²) in [5, 5.41) is 12.9. The Labute approximate surface area is 168 Å². The minimum absolute atomic E-state index is 0.134. The quantitative estimate of drug-likeness (QED) is 0.583. The maximum absolute atomic E-state index is 12.1. The Morgan fingerprint density at radius 1 is 1.25 bits per heavy atom. The first-order chi connectivity index (χ1) is 13.3.